The summed E-state index contributed by atoms with van der Waals surface area (Å²) in [5.41, 5.74) is 0.00287. The normalized spacial score (nSPS) is 51.9. The van der Waals surface area contributed by atoms with Gasteiger partial charge in [0.1, 0.15) is 6.10 Å². The molecule has 0 aromatic heterocycles. The molecule has 4 unspecified atom stereocenters. The molecular weight excluding hydrogens is 352 g/mol. The van der Waals surface area contributed by atoms with Gasteiger partial charge in [0.05, 0.1) is 0 Å². The Balaban J connectivity index is 1.40. The Morgan fingerprint density at radius 3 is 2.57 bits per heavy atom. The Bertz CT molecular complexity index is 715. The number of rotatable bonds is 1. The Hall–Kier alpha value is -1.10. The number of epoxide rings is 1. The summed E-state index contributed by atoms with van der Waals surface area (Å²) in [4.78, 5) is 25.3. The van der Waals surface area contributed by atoms with Gasteiger partial charge in [-0.15, -0.1) is 0 Å². The zero-order chi connectivity index (χ0) is 20.1. The molecule has 0 aromatic carbocycles. The van der Waals surface area contributed by atoms with Gasteiger partial charge in [-0.25, -0.2) is 0 Å². The summed E-state index contributed by atoms with van der Waals surface area (Å²) < 4.78 is 5.89. The van der Waals surface area contributed by atoms with E-state index in [2.05, 4.69) is 45.3 Å². The van der Waals surface area contributed by atoms with E-state index in [0.29, 0.717) is 17.8 Å². The molecule has 2 N–H and O–H groups in total. The summed E-state index contributed by atoms with van der Waals surface area (Å²) in [6.45, 7) is 11.0. The molecule has 2 aliphatic heterocycles. The highest BCUT2D eigenvalue weighted by molar-refractivity contribution is 5.85. The standard InChI is InChI=1S/C23H36N2O3/c1-21(2,3)25-19(26)15-8-7-13-12-6-9-16-23(5,14(12)10-11-22(13,15)4)18-17(28-18)20(27)24-16/h12-18H,6-11H2,1-5H3,(H,24,27)(H,25,26)/t12-,13-,14?,15+,16?,17?,18?,22-,23+/m0/s1. The van der Waals surface area contributed by atoms with Crippen LogP contribution >= 0.6 is 0 Å². The third-order valence-corrected chi connectivity index (χ3v) is 9.27. The van der Waals surface area contributed by atoms with Crippen molar-refractivity contribution < 1.29 is 14.3 Å². The van der Waals surface area contributed by atoms with E-state index in [4.69, 9.17) is 4.74 Å². The number of carbonyl (C=O) groups is 2. The largest absolute Gasteiger partial charge is 0.358 e. The van der Waals surface area contributed by atoms with Crippen LogP contribution in [0.1, 0.15) is 73.1 Å². The van der Waals surface area contributed by atoms with E-state index >= 15 is 0 Å². The van der Waals surface area contributed by atoms with E-state index < -0.39 is 0 Å². The maximum absolute atomic E-state index is 13.1. The summed E-state index contributed by atoms with van der Waals surface area (Å²) in [5.74, 6) is 2.38. The van der Waals surface area contributed by atoms with E-state index in [1.807, 2.05) is 0 Å². The molecule has 0 radical (unpaired) electrons. The second-order valence-electron chi connectivity index (χ2n) is 11.8. The number of piperidine rings is 1. The number of ether oxygens (including phenoxy) is 1. The second kappa shape index (κ2) is 5.74. The average molecular weight is 389 g/mol. The van der Waals surface area contributed by atoms with E-state index in [0.717, 1.165) is 25.7 Å². The van der Waals surface area contributed by atoms with Crippen molar-refractivity contribution in [1.82, 2.24) is 10.6 Å². The summed E-state index contributed by atoms with van der Waals surface area (Å²) in [6, 6.07) is 0.260. The lowest BCUT2D eigenvalue weighted by Crippen LogP contribution is -2.64. The lowest BCUT2D eigenvalue weighted by molar-refractivity contribution is -0.139. The lowest BCUT2D eigenvalue weighted by Gasteiger charge is -2.59. The van der Waals surface area contributed by atoms with Gasteiger partial charge in [-0.1, -0.05) is 13.8 Å². The molecule has 28 heavy (non-hydrogen) atoms. The van der Waals surface area contributed by atoms with Gasteiger partial charge in [0, 0.05) is 22.9 Å². The molecule has 3 saturated carbocycles. The van der Waals surface area contributed by atoms with Crippen LogP contribution in [0.4, 0.5) is 0 Å². The molecule has 2 saturated heterocycles. The zero-order valence-electron chi connectivity index (χ0n) is 18.0. The number of hydrogen-bond acceptors (Lipinski definition) is 3. The molecule has 2 amide bonds. The molecule has 156 valence electrons. The molecule has 5 nitrogen and oxygen atoms in total. The molecule has 0 bridgehead atoms. The average Bonchev–Trinajstić information content (AvgIpc) is 3.32. The zero-order valence-corrected chi connectivity index (χ0v) is 18.0. The van der Waals surface area contributed by atoms with Crippen molar-refractivity contribution >= 4 is 11.8 Å². The highest BCUT2D eigenvalue weighted by Crippen LogP contribution is 2.67. The fourth-order valence-electron chi connectivity index (χ4n) is 7.95. The molecule has 0 spiro atoms. The van der Waals surface area contributed by atoms with Crippen LogP contribution in [0, 0.1) is 34.5 Å². The van der Waals surface area contributed by atoms with Crippen LogP contribution < -0.4 is 10.6 Å². The number of hydrogen-bond donors (Lipinski definition) is 2. The van der Waals surface area contributed by atoms with E-state index in [9.17, 15) is 9.59 Å². The molecular formula is C23H36N2O3. The number of nitrogens with one attached hydrogen (secondary N) is 2. The molecule has 0 aromatic rings. The summed E-state index contributed by atoms with van der Waals surface area (Å²) in [5, 5.41) is 6.53. The molecule has 9 atom stereocenters. The van der Waals surface area contributed by atoms with E-state index in [-0.39, 0.29) is 52.4 Å². The van der Waals surface area contributed by atoms with Gasteiger partial charge in [-0.3, -0.25) is 9.59 Å². The highest BCUT2D eigenvalue weighted by Gasteiger charge is 2.70. The number of carbonyl (C=O) groups excluding carboxylic acids is 2. The van der Waals surface area contributed by atoms with Gasteiger partial charge in [-0.2, -0.15) is 0 Å². The first-order valence-corrected chi connectivity index (χ1v) is 11.3. The van der Waals surface area contributed by atoms with Crippen LogP contribution in [0.15, 0.2) is 0 Å². The minimum Gasteiger partial charge on any atom is -0.358 e. The Morgan fingerprint density at radius 2 is 1.86 bits per heavy atom. The first kappa shape index (κ1) is 18.9. The lowest BCUT2D eigenvalue weighted by atomic mass is 9.47. The maximum Gasteiger partial charge on any atom is 0.252 e. The van der Waals surface area contributed by atoms with Crippen molar-refractivity contribution in [2.24, 2.45) is 34.5 Å². The van der Waals surface area contributed by atoms with Gasteiger partial charge >= 0.3 is 0 Å². The van der Waals surface area contributed by atoms with Crippen molar-refractivity contribution in [2.45, 2.75) is 96.9 Å². The molecule has 5 fully saturated rings. The molecule has 5 aliphatic rings. The van der Waals surface area contributed by atoms with Crippen LogP contribution in [0.5, 0.6) is 0 Å². The molecule has 5 rings (SSSR count). The van der Waals surface area contributed by atoms with Crippen molar-refractivity contribution in [3.8, 4) is 0 Å². The highest BCUT2D eigenvalue weighted by atomic mass is 16.6. The minimum atomic E-state index is -0.206. The molecule has 5 heteroatoms. The first-order chi connectivity index (χ1) is 13.1. The minimum absolute atomic E-state index is 0.0641. The van der Waals surface area contributed by atoms with Crippen molar-refractivity contribution in [3.05, 3.63) is 0 Å². The summed E-state index contributed by atoms with van der Waals surface area (Å²) in [7, 11) is 0. The van der Waals surface area contributed by atoms with Gasteiger partial charge in [-0.05, 0) is 82.5 Å². The molecule has 2 heterocycles. The quantitative estimate of drug-likeness (QED) is 0.679. The van der Waals surface area contributed by atoms with Crippen molar-refractivity contribution in [1.29, 1.82) is 0 Å². The van der Waals surface area contributed by atoms with Crippen molar-refractivity contribution in [3.63, 3.8) is 0 Å². The second-order valence-corrected chi connectivity index (χ2v) is 11.8. The Kier molecular flexibility index (Phi) is 3.87. The summed E-state index contributed by atoms with van der Waals surface area (Å²) in [6.07, 6.45) is 6.61. The van der Waals surface area contributed by atoms with Crippen LogP contribution in [0.25, 0.3) is 0 Å². The smallest absolute Gasteiger partial charge is 0.252 e. The third-order valence-electron chi connectivity index (χ3n) is 9.27. The van der Waals surface area contributed by atoms with Gasteiger partial charge in [0.2, 0.25) is 5.91 Å². The fourth-order valence-corrected chi connectivity index (χ4v) is 7.95. The van der Waals surface area contributed by atoms with Crippen LogP contribution in [-0.4, -0.2) is 35.6 Å². The fraction of sp³-hybridized carbons (Fsp3) is 0.913. The van der Waals surface area contributed by atoms with Crippen molar-refractivity contribution in [2.75, 3.05) is 0 Å². The summed E-state index contributed by atoms with van der Waals surface area (Å²) >= 11 is 0. The Morgan fingerprint density at radius 1 is 1.11 bits per heavy atom. The van der Waals surface area contributed by atoms with Gasteiger partial charge in [0.25, 0.3) is 5.91 Å². The Labute approximate surface area is 168 Å². The number of fused-ring (bicyclic) bond motifs is 7. The van der Waals surface area contributed by atoms with E-state index in [1.165, 1.54) is 12.8 Å². The predicted molar refractivity (Wildman–Crippen MR) is 106 cm³/mol. The van der Waals surface area contributed by atoms with Crippen LogP contribution in [0.3, 0.4) is 0 Å². The monoisotopic (exact) mass is 388 g/mol. The third kappa shape index (κ3) is 2.47. The van der Waals surface area contributed by atoms with Crippen LogP contribution in [-0.2, 0) is 14.3 Å². The topological polar surface area (TPSA) is 70.7 Å². The number of amides is 2. The van der Waals surface area contributed by atoms with Gasteiger partial charge in [0.15, 0.2) is 6.10 Å². The van der Waals surface area contributed by atoms with Crippen LogP contribution in [0.2, 0.25) is 0 Å². The molecule has 3 aliphatic carbocycles. The van der Waals surface area contributed by atoms with E-state index in [1.54, 1.807) is 0 Å². The maximum atomic E-state index is 13.1. The van der Waals surface area contributed by atoms with Gasteiger partial charge < -0.3 is 15.4 Å². The predicted octanol–water partition coefficient (Wildman–Crippen LogP) is 3.03. The first-order valence-electron chi connectivity index (χ1n) is 11.3. The SMILES string of the molecule is CC(C)(C)NC(=O)[C@H]1CC[C@H]2[C@@H]3CCC4NC(=O)C5OC5[C@]4(C)C3CC[C@]12C.